The fraction of sp³-hybridized carbons (Fsp3) is 0.143. The number of esters is 1. The van der Waals surface area contributed by atoms with Crippen molar-refractivity contribution in [3.8, 4) is 5.69 Å². The molecule has 0 fully saturated rings. The summed E-state index contributed by atoms with van der Waals surface area (Å²) in [6.45, 7) is 1.88. The Labute approximate surface area is 135 Å². The van der Waals surface area contributed by atoms with Gasteiger partial charge in [-0.3, -0.25) is 4.57 Å². The molecule has 0 amide bonds. The molecule has 22 heavy (non-hydrogen) atoms. The first-order valence-corrected chi connectivity index (χ1v) is 7.17. The molecular formula is C14H12BrN5O2. The van der Waals surface area contributed by atoms with Crippen LogP contribution in [0.3, 0.4) is 0 Å². The third-order valence-electron chi connectivity index (χ3n) is 2.69. The van der Waals surface area contributed by atoms with Crippen LogP contribution < -0.4 is 0 Å². The lowest BCUT2D eigenvalue weighted by molar-refractivity contribution is -0.138. The quantitative estimate of drug-likeness (QED) is 0.266. The number of azide groups is 1. The molecular weight excluding hydrogens is 350 g/mol. The van der Waals surface area contributed by atoms with Gasteiger partial charge in [-0.1, -0.05) is 21.0 Å². The van der Waals surface area contributed by atoms with E-state index in [2.05, 4.69) is 30.9 Å². The van der Waals surface area contributed by atoms with E-state index in [1.165, 1.54) is 6.08 Å². The third-order valence-corrected chi connectivity index (χ3v) is 3.22. The van der Waals surface area contributed by atoms with E-state index in [1.54, 1.807) is 24.0 Å². The number of rotatable bonds is 5. The second-order valence-electron chi connectivity index (χ2n) is 4.10. The molecule has 1 heterocycles. The Balaban J connectivity index is 2.42. The second kappa shape index (κ2) is 7.44. The number of imidazole rings is 1. The molecule has 0 saturated carbocycles. The van der Waals surface area contributed by atoms with Crippen molar-refractivity contribution in [2.24, 2.45) is 5.11 Å². The maximum Gasteiger partial charge on any atom is 0.340 e. The lowest BCUT2D eigenvalue weighted by atomic mass is 10.3. The highest BCUT2D eigenvalue weighted by Crippen LogP contribution is 2.18. The van der Waals surface area contributed by atoms with Crippen LogP contribution in [0, 0.1) is 0 Å². The molecule has 0 unspecified atom stereocenters. The first-order chi connectivity index (χ1) is 10.7. The molecule has 0 spiro atoms. The van der Waals surface area contributed by atoms with Crippen molar-refractivity contribution in [1.29, 1.82) is 0 Å². The maximum atomic E-state index is 11.8. The number of ether oxygens (including phenoxy) is 1. The van der Waals surface area contributed by atoms with Gasteiger partial charge in [-0.05, 0) is 42.8 Å². The minimum atomic E-state index is -0.677. The van der Waals surface area contributed by atoms with Crippen LogP contribution in [0.15, 0.2) is 52.1 Å². The summed E-state index contributed by atoms with van der Waals surface area (Å²) in [4.78, 5) is 18.5. The van der Waals surface area contributed by atoms with Gasteiger partial charge in [-0.15, -0.1) is 0 Å². The highest BCUT2D eigenvalue weighted by Gasteiger charge is 2.11. The normalized spacial score (nSPS) is 10.9. The van der Waals surface area contributed by atoms with Crippen LogP contribution >= 0.6 is 15.9 Å². The summed E-state index contributed by atoms with van der Waals surface area (Å²) >= 11 is 3.37. The fourth-order valence-electron chi connectivity index (χ4n) is 1.75. The fourth-order valence-corrected chi connectivity index (χ4v) is 2.02. The van der Waals surface area contributed by atoms with Crippen LogP contribution in [-0.2, 0) is 9.53 Å². The molecule has 0 N–H and O–H groups in total. The van der Waals surface area contributed by atoms with Crippen LogP contribution in [0.2, 0.25) is 0 Å². The smallest absolute Gasteiger partial charge is 0.340 e. The Hall–Kier alpha value is -2.57. The van der Waals surface area contributed by atoms with E-state index in [-0.39, 0.29) is 12.3 Å². The Bertz CT molecular complexity index is 745. The molecule has 1 aromatic carbocycles. The van der Waals surface area contributed by atoms with Crippen molar-refractivity contribution in [2.45, 2.75) is 6.92 Å². The molecule has 1 aromatic heterocycles. The van der Waals surface area contributed by atoms with Gasteiger partial charge in [0.1, 0.15) is 5.70 Å². The second-order valence-corrected chi connectivity index (χ2v) is 5.02. The van der Waals surface area contributed by atoms with Gasteiger partial charge in [-0.25, -0.2) is 9.78 Å². The Morgan fingerprint density at radius 2 is 2.23 bits per heavy atom. The Morgan fingerprint density at radius 1 is 1.50 bits per heavy atom. The summed E-state index contributed by atoms with van der Waals surface area (Å²) in [5, 5.41) is 3.38. The molecule has 0 atom stereocenters. The maximum absolute atomic E-state index is 11.8. The van der Waals surface area contributed by atoms with Gasteiger partial charge in [0.15, 0.2) is 0 Å². The molecule has 0 aliphatic carbocycles. The number of benzene rings is 1. The van der Waals surface area contributed by atoms with Crippen molar-refractivity contribution in [2.75, 3.05) is 6.61 Å². The van der Waals surface area contributed by atoms with Crippen LogP contribution in [0.25, 0.3) is 22.2 Å². The van der Waals surface area contributed by atoms with Gasteiger partial charge in [0, 0.05) is 15.1 Å². The van der Waals surface area contributed by atoms with E-state index in [0.29, 0.717) is 5.69 Å². The molecule has 0 aliphatic heterocycles. The van der Waals surface area contributed by atoms with Crippen LogP contribution in [0.4, 0.5) is 0 Å². The zero-order valence-corrected chi connectivity index (χ0v) is 13.3. The van der Waals surface area contributed by atoms with Crippen LogP contribution in [-0.4, -0.2) is 22.1 Å². The minimum Gasteiger partial charge on any atom is -0.462 e. The molecule has 2 aromatic rings. The van der Waals surface area contributed by atoms with Crippen molar-refractivity contribution >= 4 is 28.0 Å². The first-order valence-electron chi connectivity index (χ1n) is 6.38. The monoisotopic (exact) mass is 361 g/mol. The van der Waals surface area contributed by atoms with Gasteiger partial charge in [-0.2, -0.15) is 0 Å². The standard InChI is InChI=1S/C14H12BrN5O2/c1-2-22-14(21)13(18-19-16)7-12-8-17-9-20(12)11-5-3-10(15)4-6-11/h3-9H,2H2,1H3. The van der Waals surface area contributed by atoms with Gasteiger partial charge in [0.2, 0.25) is 0 Å². The number of carbonyl (C=O) groups is 1. The lowest BCUT2D eigenvalue weighted by Gasteiger charge is -2.06. The van der Waals surface area contributed by atoms with Crippen molar-refractivity contribution < 1.29 is 9.53 Å². The number of halogens is 1. The summed E-state index contributed by atoms with van der Waals surface area (Å²) in [7, 11) is 0. The highest BCUT2D eigenvalue weighted by molar-refractivity contribution is 9.10. The summed E-state index contributed by atoms with van der Waals surface area (Å²) in [5.74, 6) is -0.677. The number of hydrogen-bond donors (Lipinski definition) is 0. The van der Waals surface area contributed by atoms with Crippen molar-refractivity contribution in [3.05, 3.63) is 63.1 Å². The number of hydrogen-bond acceptors (Lipinski definition) is 4. The molecule has 112 valence electrons. The van der Waals surface area contributed by atoms with E-state index in [0.717, 1.165) is 10.2 Å². The summed E-state index contributed by atoms with van der Waals surface area (Å²) in [6.07, 6.45) is 4.61. The molecule has 0 saturated heterocycles. The first kappa shape index (κ1) is 15.8. The zero-order chi connectivity index (χ0) is 15.9. The Kier molecular flexibility index (Phi) is 5.35. The largest absolute Gasteiger partial charge is 0.462 e. The van der Waals surface area contributed by atoms with Gasteiger partial charge < -0.3 is 4.74 Å². The number of nitrogens with zero attached hydrogens (tertiary/aromatic N) is 5. The predicted molar refractivity (Wildman–Crippen MR) is 85.0 cm³/mol. The van der Waals surface area contributed by atoms with E-state index in [1.807, 2.05) is 24.3 Å². The molecule has 7 nitrogen and oxygen atoms in total. The topological polar surface area (TPSA) is 92.9 Å². The Morgan fingerprint density at radius 3 is 2.86 bits per heavy atom. The molecule has 0 aliphatic rings. The van der Waals surface area contributed by atoms with E-state index < -0.39 is 5.97 Å². The summed E-state index contributed by atoms with van der Waals surface area (Å²) in [5.41, 5.74) is 9.91. The van der Waals surface area contributed by atoms with E-state index >= 15 is 0 Å². The van der Waals surface area contributed by atoms with Crippen LogP contribution in [0.5, 0.6) is 0 Å². The van der Waals surface area contributed by atoms with Crippen LogP contribution in [0.1, 0.15) is 12.6 Å². The highest BCUT2D eigenvalue weighted by atomic mass is 79.9. The summed E-state index contributed by atoms with van der Waals surface area (Å²) in [6, 6.07) is 7.56. The summed E-state index contributed by atoms with van der Waals surface area (Å²) < 4.78 is 7.57. The molecule has 0 radical (unpaired) electrons. The van der Waals surface area contributed by atoms with E-state index in [9.17, 15) is 4.79 Å². The number of aromatic nitrogens is 2. The average molecular weight is 362 g/mol. The van der Waals surface area contributed by atoms with Crippen molar-refractivity contribution in [3.63, 3.8) is 0 Å². The minimum absolute atomic E-state index is 0.122. The van der Waals surface area contributed by atoms with E-state index in [4.69, 9.17) is 10.3 Å². The molecule has 8 heteroatoms. The molecule has 0 bridgehead atoms. The zero-order valence-electron chi connectivity index (χ0n) is 11.7. The molecule has 2 rings (SSSR count). The van der Waals surface area contributed by atoms with Crippen molar-refractivity contribution in [1.82, 2.24) is 9.55 Å². The number of carbonyl (C=O) groups excluding carboxylic acids is 1. The lowest BCUT2D eigenvalue weighted by Crippen LogP contribution is -2.06. The predicted octanol–water partition coefficient (Wildman–Crippen LogP) is 3.85. The average Bonchev–Trinajstić information content (AvgIpc) is 2.96. The van der Waals surface area contributed by atoms with Gasteiger partial charge >= 0.3 is 5.97 Å². The van der Waals surface area contributed by atoms with Gasteiger partial charge in [0.05, 0.1) is 24.8 Å². The van der Waals surface area contributed by atoms with Gasteiger partial charge in [0.25, 0.3) is 0 Å². The third kappa shape index (κ3) is 3.75. The SMILES string of the molecule is CCOC(=O)C(=Cc1cncn1-c1ccc(Br)cc1)N=[N+]=[N-].